The van der Waals surface area contributed by atoms with Crippen molar-refractivity contribution in [2.24, 2.45) is 0 Å². The molecule has 0 rings (SSSR count). The van der Waals surface area contributed by atoms with Crippen LogP contribution in [0.15, 0.2) is 0 Å². The zero-order chi connectivity index (χ0) is 10.3. The summed E-state index contributed by atoms with van der Waals surface area (Å²) >= 11 is -1.86. The molecule has 77 valence electrons. The first kappa shape index (κ1) is 13.1. The Hall–Kier alpha value is 0.104. The zero-order valence-corrected chi connectivity index (χ0v) is 10.2. The molecule has 1 unspecified atom stereocenters. The molecule has 0 amide bonds. The van der Waals surface area contributed by atoms with E-state index in [-0.39, 0.29) is 12.1 Å². The van der Waals surface area contributed by atoms with Gasteiger partial charge in [-0.2, -0.15) is 0 Å². The number of esters is 1. The van der Waals surface area contributed by atoms with Crippen molar-refractivity contribution in [3.05, 3.63) is 0 Å². The SMILES string of the molecule is CCC([CH2][Ti]([O]C)[O]C)OC(C)=O. The Morgan fingerprint density at radius 1 is 1.38 bits per heavy atom. The first-order chi connectivity index (χ1) is 6.13. The summed E-state index contributed by atoms with van der Waals surface area (Å²) in [5, 5.41) is 0. The van der Waals surface area contributed by atoms with Gasteiger partial charge in [0.15, 0.2) is 0 Å². The molecule has 0 saturated heterocycles. The molecule has 0 spiro atoms. The summed E-state index contributed by atoms with van der Waals surface area (Å²) in [7, 11) is 3.28. The third-order valence-corrected chi connectivity index (χ3v) is 4.29. The molecule has 0 saturated carbocycles. The van der Waals surface area contributed by atoms with Crippen LogP contribution in [0, 0.1) is 0 Å². The summed E-state index contributed by atoms with van der Waals surface area (Å²) in [5.74, 6) is -0.239. The van der Waals surface area contributed by atoms with Gasteiger partial charge in [-0.15, -0.1) is 0 Å². The van der Waals surface area contributed by atoms with Crippen molar-refractivity contribution < 1.29 is 34.8 Å². The fourth-order valence-electron chi connectivity index (χ4n) is 0.940. The number of carbonyl (C=O) groups excluding carboxylic acids is 1. The molecule has 1 atom stereocenters. The van der Waals surface area contributed by atoms with Crippen LogP contribution < -0.4 is 0 Å². The quantitative estimate of drug-likeness (QED) is 0.507. The summed E-state index contributed by atoms with van der Waals surface area (Å²) < 4.78 is 16.1. The van der Waals surface area contributed by atoms with Crippen molar-refractivity contribution in [3.8, 4) is 0 Å². The van der Waals surface area contributed by atoms with Crippen LogP contribution in [-0.2, 0) is 34.8 Å². The predicted octanol–water partition coefficient (Wildman–Crippen LogP) is 1.49. The third-order valence-electron chi connectivity index (χ3n) is 1.64. The standard InChI is InChI=1S/C6H11O2.2CH3O.Ti/c1-4-5(2)8-6(3)7;2*1-2;/h5H,2,4H2,1,3H3;2*1H3;/q;2*-1;+2. The molecule has 13 heavy (non-hydrogen) atoms. The van der Waals surface area contributed by atoms with Gasteiger partial charge in [-0.3, -0.25) is 0 Å². The fourth-order valence-corrected chi connectivity index (χ4v) is 2.88. The second kappa shape index (κ2) is 7.50. The van der Waals surface area contributed by atoms with E-state index in [9.17, 15) is 4.79 Å². The summed E-state index contributed by atoms with van der Waals surface area (Å²) in [6, 6.07) is 0. The summed E-state index contributed by atoms with van der Waals surface area (Å²) in [6.45, 7) is 3.40. The molecule has 0 aromatic rings. The number of carbonyl (C=O) groups is 1. The van der Waals surface area contributed by atoms with Crippen molar-refractivity contribution in [1.29, 1.82) is 0 Å². The van der Waals surface area contributed by atoms with Crippen molar-refractivity contribution in [3.63, 3.8) is 0 Å². The molecular weight excluding hydrogens is 208 g/mol. The van der Waals surface area contributed by atoms with E-state index in [1.807, 2.05) is 6.92 Å². The van der Waals surface area contributed by atoms with E-state index >= 15 is 0 Å². The molecule has 0 aliphatic rings. The topological polar surface area (TPSA) is 44.8 Å². The number of rotatable bonds is 6. The first-order valence-corrected chi connectivity index (χ1v) is 6.63. The molecular formula is C8H17O4Ti. The predicted molar refractivity (Wildman–Crippen MR) is 44.7 cm³/mol. The molecule has 0 bridgehead atoms. The Balaban J connectivity index is 3.87. The van der Waals surface area contributed by atoms with Gasteiger partial charge in [0, 0.05) is 0 Å². The summed E-state index contributed by atoms with van der Waals surface area (Å²) in [4.78, 5) is 10.7. The van der Waals surface area contributed by atoms with Gasteiger partial charge in [-0.1, -0.05) is 0 Å². The number of hydrogen-bond donors (Lipinski definition) is 0. The zero-order valence-electron chi connectivity index (χ0n) is 8.62. The van der Waals surface area contributed by atoms with E-state index in [1.165, 1.54) is 6.92 Å². The van der Waals surface area contributed by atoms with E-state index in [0.717, 1.165) is 11.1 Å². The minimum absolute atomic E-state index is 0.0487. The maximum absolute atomic E-state index is 10.7. The monoisotopic (exact) mass is 225 g/mol. The van der Waals surface area contributed by atoms with Crippen molar-refractivity contribution in [1.82, 2.24) is 0 Å². The van der Waals surface area contributed by atoms with Crippen LogP contribution in [-0.4, -0.2) is 26.3 Å². The van der Waals surface area contributed by atoms with Crippen molar-refractivity contribution in [2.75, 3.05) is 14.2 Å². The van der Waals surface area contributed by atoms with E-state index in [0.29, 0.717) is 0 Å². The van der Waals surface area contributed by atoms with Crippen LogP contribution in [0.3, 0.4) is 0 Å². The number of ether oxygens (including phenoxy) is 1. The molecule has 0 aliphatic carbocycles. The van der Waals surface area contributed by atoms with Gasteiger partial charge in [0.2, 0.25) is 0 Å². The Morgan fingerprint density at radius 2 is 1.92 bits per heavy atom. The molecule has 0 aromatic carbocycles. The van der Waals surface area contributed by atoms with Gasteiger partial charge in [0.05, 0.1) is 0 Å². The Morgan fingerprint density at radius 3 is 2.23 bits per heavy atom. The Labute approximate surface area is 86.3 Å². The van der Waals surface area contributed by atoms with E-state index in [1.54, 1.807) is 14.2 Å². The summed E-state index contributed by atoms with van der Waals surface area (Å²) in [5.41, 5.74) is 0. The fraction of sp³-hybridized carbons (Fsp3) is 0.875. The Kier molecular flexibility index (Phi) is 7.56. The number of hydrogen-bond acceptors (Lipinski definition) is 4. The van der Waals surface area contributed by atoms with E-state index < -0.39 is 18.6 Å². The van der Waals surface area contributed by atoms with Gasteiger partial charge in [0.1, 0.15) is 0 Å². The molecule has 0 aromatic heterocycles. The van der Waals surface area contributed by atoms with Crippen LogP contribution in [0.5, 0.6) is 0 Å². The van der Waals surface area contributed by atoms with Crippen molar-refractivity contribution in [2.45, 2.75) is 31.1 Å². The first-order valence-electron chi connectivity index (χ1n) is 4.25. The normalized spacial score (nSPS) is 12.3. The van der Waals surface area contributed by atoms with Crippen LogP contribution >= 0.6 is 0 Å². The minimum atomic E-state index is -1.86. The van der Waals surface area contributed by atoms with E-state index in [4.69, 9.17) is 11.4 Å². The van der Waals surface area contributed by atoms with Crippen LogP contribution in [0.2, 0.25) is 4.73 Å². The molecule has 0 N–H and O–H groups in total. The van der Waals surface area contributed by atoms with Gasteiger partial charge in [-0.25, -0.2) is 0 Å². The van der Waals surface area contributed by atoms with E-state index in [2.05, 4.69) is 0 Å². The summed E-state index contributed by atoms with van der Waals surface area (Å²) in [6.07, 6.45) is 0.760. The molecule has 0 heterocycles. The second-order valence-electron chi connectivity index (χ2n) is 2.62. The molecule has 0 radical (unpaired) electrons. The van der Waals surface area contributed by atoms with Gasteiger partial charge in [0.25, 0.3) is 0 Å². The van der Waals surface area contributed by atoms with Crippen LogP contribution in [0.1, 0.15) is 20.3 Å². The van der Waals surface area contributed by atoms with Gasteiger partial charge < -0.3 is 0 Å². The molecule has 0 aliphatic heterocycles. The molecule has 4 nitrogen and oxygen atoms in total. The van der Waals surface area contributed by atoms with Gasteiger partial charge >= 0.3 is 86.1 Å². The molecule has 5 heteroatoms. The second-order valence-corrected chi connectivity index (χ2v) is 5.70. The average Bonchev–Trinajstić information content (AvgIpc) is 2.11. The van der Waals surface area contributed by atoms with Gasteiger partial charge in [-0.05, 0) is 0 Å². The average molecular weight is 225 g/mol. The van der Waals surface area contributed by atoms with Crippen molar-refractivity contribution >= 4 is 5.97 Å². The van der Waals surface area contributed by atoms with Crippen LogP contribution in [0.25, 0.3) is 0 Å². The Bertz CT molecular complexity index is 147. The molecule has 0 fully saturated rings. The van der Waals surface area contributed by atoms with Crippen LogP contribution in [0.4, 0.5) is 0 Å². The maximum atomic E-state index is 10.7. The third kappa shape index (κ3) is 6.21.